The molecule has 1 heterocycles. The average Bonchev–Trinajstić information content (AvgIpc) is 2.65. The van der Waals surface area contributed by atoms with Crippen molar-refractivity contribution in [2.24, 2.45) is 0 Å². The SMILES string of the molecule is Cc1ccc(-n2c(=S)[nH]c3cc(Br)ccc32)c(C)c1. The molecule has 0 atom stereocenters. The third-order valence-electron chi connectivity index (χ3n) is 3.24. The maximum atomic E-state index is 5.46. The summed E-state index contributed by atoms with van der Waals surface area (Å²) in [6, 6.07) is 12.6. The van der Waals surface area contributed by atoms with Gasteiger partial charge in [0, 0.05) is 4.47 Å². The summed E-state index contributed by atoms with van der Waals surface area (Å²) in [6.07, 6.45) is 0. The standard InChI is InChI=1S/C15H13BrN2S/c1-9-3-5-13(10(2)7-9)18-14-6-4-11(16)8-12(14)17-15(18)19/h3-8H,1-2H3,(H,17,19). The van der Waals surface area contributed by atoms with Crippen molar-refractivity contribution in [3.05, 3.63) is 56.8 Å². The first-order valence-corrected chi connectivity index (χ1v) is 7.24. The molecule has 0 saturated heterocycles. The first-order chi connectivity index (χ1) is 9.06. The molecule has 0 aliphatic rings. The molecule has 4 heteroatoms. The van der Waals surface area contributed by atoms with Crippen LogP contribution in [0.25, 0.3) is 16.7 Å². The van der Waals surface area contributed by atoms with Crippen LogP contribution in [-0.4, -0.2) is 9.55 Å². The van der Waals surface area contributed by atoms with Crippen LogP contribution in [0.3, 0.4) is 0 Å². The van der Waals surface area contributed by atoms with E-state index in [1.54, 1.807) is 0 Å². The highest BCUT2D eigenvalue weighted by Crippen LogP contribution is 2.25. The lowest BCUT2D eigenvalue weighted by molar-refractivity contribution is 1.05. The number of fused-ring (bicyclic) bond motifs is 1. The van der Waals surface area contributed by atoms with E-state index in [4.69, 9.17) is 12.2 Å². The van der Waals surface area contributed by atoms with Crippen molar-refractivity contribution < 1.29 is 0 Å². The Kier molecular flexibility index (Phi) is 3.07. The predicted octanol–water partition coefficient (Wildman–Crippen LogP) is 5.07. The molecule has 19 heavy (non-hydrogen) atoms. The van der Waals surface area contributed by atoms with E-state index in [2.05, 4.69) is 63.6 Å². The normalized spacial score (nSPS) is 11.1. The van der Waals surface area contributed by atoms with Crippen LogP contribution in [-0.2, 0) is 0 Å². The third kappa shape index (κ3) is 2.15. The predicted molar refractivity (Wildman–Crippen MR) is 85.6 cm³/mol. The Morgan fingerprint density at radius 1 is 1.11 bits per heavy atom. The first-order valence-electron chi connectivity index (χ1n) is 6.04. The second-order valence-corrected chi connectivity index (χ2v) is 6.02. The fraction of sp³-hybridized carbons (Fsp3) is 0.133. The van der Waals surface area contributed by atoms with Gasteiger partial charge in [-0.3, -0.25) is 4.57 Å². The Morgan fingerprint density at radius 3 is 2.63 bits per heavy atom. The van der Waals surface area contributed by atoms with Crippen LogP contribution in [0.15, 0.2) is 40.9 Å². The number of halogens is 1. The quantitative estimate of drug-likeness (QED) is 0.617. The molecular formula is C15H13BrN2S. The Labute approximate surface area is 125 Å². The molecule has 0 fully saturated rings. The van der Waals surface area contributed by atoms with Crippen LogP contribution in [0.4, 0.5) is 0 Å². The molecule has 2 aromatic carbocycles. The molecule has 2 nitrogen and oxygen atoms in total. The number of hydrogen-bond acceptors (Lipinski definition) is 1. The van der Waals surface area contributed by atoms with Gasteiger partial charge in [-0.15, -0.1) is 0 Å². The minimum absolute atomic E-state index is 0.722. The fourth-order valence-electron chi connectivity index (χ4n) is 2.38. The fourth-order valence-corrected chi connectivity index (χ4v) is 3.05. The summed E-state index contributed by atoms with van der Waals surface area (Å²) in [5, 5.41) is 0. The van der Waals surface area contributed by atoms with Crippen LogP contribution < -0.4 is 0 Å². The van der Waals surface area contributed by atoms with Gasteiger partial charge < -0.3 is 4.98 Å². The molecule has 3 aromatic rings. The number of nitrogens with one attached hydrogen (secondary N) is 1. The van der Waals surface area contributed by atoms with Gasteiger partial charge in [0.1, 0.15) is 0 Å². The molecule has 0 spiro atoms. The second-order valence-electron chi connectivity index (χ2n) is 4.72. The van der Waals surface area contributed by atoms with Crippen LogP contribution in [0.2, 0.25) is 0 Å². The highest BCUT2D eigenvalue weighted by atomic mass is 79.9. The number of aromatic nitrogens is 2. The Hall–Kier alpha value is -1.39. The van der Waals surface area contributed by atoms with Gasteiger partial charge in [0.15, 0.2) is 4.77 Å². The van der Waals surface area contributed by atoms with E-state index in [-0.39, 0.29) is 0 Å². The van der Waals surface area contributed by atoms with Gasteiger partial charge in [-0.2, -0.15) is 0 Å². The highest BCUT2D eigenvalue weighted by Gasteiger charge is 2.08. The molecule has 0 unspecified atom stereocenters. The monoisotopic (exact) mass is 332 g/mol. The van der Waals surface area contributed by atoms with E-state index in [1.165, 1.54) is 11.1 Å². The van der Waals surface area contributed by atoms with Gasteiger partial charge in [-0.1, -0.05) is 33.6 Å². The van der Waals surface area contributed by atoms with Gasteiger partial charge in [0.25, 0.3) is 0 Å². The smallest absolute Gasteiger partial charge is 0.182 e. The van der Waals surface area contributed by atoms with E-state index >= 15 is 0 Å². The van der Waals surface area contributed by atoms with E-state index in [9.17, 15) is 0 Å². The average molecular weight is 333 g/mol. The van der Waals surface area contributed by atoms with Crippen LogP contribution in [0.1, 0.15) is 11.1 Å². The molecule has 96 valence electrons. The molecule has 1 aromatic heterocycles. The highest BCUT2D eigenvalue weighted by molar-refractivity contribution is 9.10. The van der Waals surface area contributed by atoms with E-state index in [0.717, 1.165) is 26.0 Å². The van der Waals surface area contributed by atoms with Crippen molar-refractivity contribution in [2.45, 2.75) is 13.8 Å². The maximum Gasteiger partial charge on any atom is 0.182 e. The number of aromatic amines is 1. The molecule has 1 N–H and O–H groups in total. The van der Waals surface area contributed by atoms with Gasteiger partial charge in [0.05, 0.1) is 16.7 Å². The summed E-state index contributed by atoms with van der Waals surface area (Å²) in [5.74, 6) is 0. The Morgan fingerprint density at radius 2 is 1.89 bits per heavy atom. The van der Waals surface area contributed by atoms with Gasteiger partial charge in [-0.05, 0) is 55.9 Å². The third-order valence-corrected chi connectivity index (χ3v) is 4.02. The van der Waals surface area contributed by atoms with Gasteiger partial charge in [0.2, 0.25) is 0 Å². The largest absolute Gasteiger partial charge is 0.330 e. The molecular weight excluding hydrogens is 320 g/mol. The van der Waals surface area contributed by atoms with Crippen molar-refractivity contribution in [1.29, 1.82) is 0 Å². The number of nitrogens with zero attached hydrogens (tertiary/aromatic N) is 1. The van der Waals surface area contributed by atoms with E-state index in [0.29, 0.717) is 0 Å². The number of hydrogen-bond donors (Lipinski definition) is 1. The van der Waals surface area contributed by atoms with E-state index in [1.807, 2.05) is 12.1 Å². The zero-order valence-electron chi connectivity index (χ0n) is 10.7. The van der Waals surface area contributed by atoms with Crippen LogP contribution in [0, 0.1) is 18.6 Å². The molecule has 0 saturated carbocycles. The molecule has 0 bridgehead atoms. The summed E-state index contributed by atoms with van der Waals surface area (Å²) >= 11 is 8.95. The zero-order chi connectivity index (χ0) is 13.6. The Bertz CT molecular complexity index is 830. The number of rotatable bonds is 1. The topological polar surface area (TPSA) is 20.7 Å². The summed E-state index contributed by atoms with van der Waals surface area (Å²) in [5.41, 5.74) is 5.75. The molecule has 0 aliphatic carbocycles. The van der Waals surface area contributed by atoms with Crippen molar-refractivity contribution in [3.8, 4) is 5.69 Å². The molecule has 0 radical (unpaired) electrons. The molecule has 0 amide bonds. The minimum Gasteiger partial charge on any atom is -0.330 e. The van der Waals surface area contributed by atoms with Crippen molar-refractivity contribution >= 4 is 39.2 Å². The van der Waals surface area contributed by atoms with Crippen LogP contribution >= 0.6 is 28.1 Å². The van der Waals surface area contributed by atoms with Gasteiger partial charge >= 0.3 is 0 Å². The van der Waals surface area contributed by atoms with Gasteiger partial charge in [-0.25, -0.2) is 0 Å². The number of imidazole rings is 1. The number of H-pyrrole nitrogens is 1. The van der Waals surface area contributed by atoms with E-state index < -0.39 is 0 Å². The van der Waals surface area contributed by atoms with Crippen molar-refractivity contribution in [2.75, 3.05) is 0 Å². The van der Waals surface area contributed by atoms with Crippen LogP contribution in [0.5, 0.6) is 0 Å². The summed E-state index contributed by atoms with van der Waals surface area (Å²) in [7, 11) is 0. The Balaban J connectivity index is 2.36. The van der Waals surface area contributed by atoms with Crippen molar-refractivity contribution in [3.63, 3.8) is 0 Å². The zero-order valence-corrected chi connectivity index (χ0v) is 13.1. The summed E-state index contributed by atoms with van der Waals surface area (Å²) in [6.45, 7) is 4.21. The number of benzene rings is 2. The molecule has 0 aliphatic heterocycles. The maximum absolute atomic E-state index is 5.46. The second kappa shape index (κ2) is 4.62. The number of aryl methyl sites for hydroxylation is 2. The van der Waals surface area contributed by atoms with Crippen molar-refractivity contribution in [1.82, 2.24) is 9.55 Å². The first kappa shape index (κ1) is 12.6. The summed E-state index contributed by atoms with van der Waals surface area (Å²) < 4.78 is 3.86. The molecule has 3 rings (SSSR count). The lowest BCUT2D eigenvalue weighted by atomic mass is 10.1. The lowest BCUT2D eigenvalue weighted by Crippen LogP contribution is -1.97. The lowest BCUT2D eigenvalue weighted by Gasteiger charge is -2.09. The minimum atomic E-state index is 0.722. The summed E-state index contributed by atoms with van der Waals surface area (Å²) in [4.78, 5) is 3.26.